The Labute approximate surface area is 121 Å². The highest BCUT2D eigenvalue weighted by Crippen LogP contribution is 2.38. The van der Waals surface area contributed by atoms with Gasteiger partial charge in [-0.3, -0.25) is 0 Å². The second kappa shape index (κ2) is 6.22. The first-order chi connectivity index (χ1) is 8.24. The molecule has 94 valence electrons. The van der Waals surface area contributed by atoms with Crippen molar-refractivity contribution in [3.63, 3.8) is 0 Å². The molecule has 1 saturated carbocycles. The summed E-state index contributed by atoms with van der Waals surface area (Å²) >= 11 is 4.22. The van der Waals surface area contributed by atoms with E-state index >= 15 is 0 Å². The molecule has 0 aromatic carbocycles. The fourth-order valence-corrected chi connectivity index (χ4v) is 3.48. The van der Waals surface area contributed by atoms with Gasteiger partial charge in [-0.25, -0.2) is 9.97 Å². The van der Waals surface area contributed by atoms with E-state index < -0.39 is 0 Å². The third kappa shape index (κ3) is 3.71. The van der Waals surface area contributed by atoms with E-state index in [1.165, 1.54) is 32.1 Å². The molecule has 5 heteroatoms. The third-order valence-electron chi connectivity index (χ3n) is 3.39. The van der Waals surface area contributed by atoms with E-state index in [1.807, 2.05) is 24.2 Å². The van der Waals surface area contributed by atoms with Crippen LogP contribution in [0.2, 0.25) is 0 Å². The predicted molar refractivity (Wildman–Crippen MR) is 82.6 cm³/mol. The predicted octanol–water partition coefficient (Wildman–Crippen LogP) is 3.56. The van der Waals surface area contributed by atoms with E-state index in [2.05, 4.69) is 44.1 Å². The number of halogens is 1. The summed E-state index contributed by atoms with van der Waals surface area (Å²) < 4.78 is 1.47. The lowest BCUT2D eigenvalue weighted by Crippen LogP contribution is -2.35. The number of hydrogen-bond acceptors (Lipinski definition) is 4. The fourth-order valence-electron chi connectivity index (χ4n) is 2.29. The highest BCUT2D eigenvalue weighted by Gasteiger charge is 2.30. The van der Waals surface area contributed by atoms with E-state index in [0.29, 0.717) is 4.75 Å². The average Bonchev–Trinajstić information content (AvgIpc) is 2.39. The van der Waals surface area contributed by atoms with Crippen LogP contribution in [0.4, 0.5) is 5.95 Å². The minimum atomic E-state index is 0.393. The molecule has 3 nitrogen and oxygen atoms in total. The number of rotatable bonds is 4. The maximum Gasteiger partial charge on any atom is 0.222 e. The van der Waals surface area contributed by atoms with Gasteiger partial charge in [-0.15, -0.1) is 0 Å². The smallest absolute Gasteiger partial charge is 0.222 e. The van der Waals surface area contributed by atoms with Crippen LogP contribution in [-0.4, -0.2) is 27.5 Å². The topological polar surface area (TPSA) is 37.8 Å². The molecular formula is C12H18IN3S. The molecule has 0 spiro atoms. The Bertz CT molecular complexity index is 349. The lowest BCUT2D eigenvalue weighted by Gasteiger charge is -2.35. The van der Waals surface area contributed by atoms with Crippen molar-refractivity contribution < 1.29 is 0 Å². The van der Waals surface area contributed by atoms with Crippen molar-refractivity contribution in [3.8, 4) is 0 Å². The minimum Gasteiger partial charge on any atom is -0.353 e. The van der Waals surface area contributed by atoms with Gasteiger partial charge in [-0.05, 0) is 41.7 Å². The molecule has 1 N–H and O–H groups in total. The Morgan fingerprint density at radius 3 is 2.53 bits per heavy atom. The Hall–Kier alpha value is -0.0400. The molecule has 1 aliphatic carbocycles. The van der Waals surface area contributed by atoms with Crippen LogP contribution in [0.1, 0.15) is 32.1 Å². The second-order valence-electron chi connectivity index (χ2n) is 4.53. The van der Waals surface area contributed by atoms with Gasteiger partial charge in [0.2, 0.25) is 5.95 Å². The van der Waals surface area contributed by atoms with Crippen molar-refractivity contribution in [1.29, 1.82) is 0 Å². The van der Waals surface area contributed by atoms with Gasteiger partial charge in [-0.1, -0.05) is 19.3 Å². The van der Waals surface area contributed by atoms with Crippen LogP contribution in [0.15, 0.2) is 12.4 Å². The van der Waals surface area contributed by atoms with E-state index in [1.54, 1.807) is 0 Å². The van der Waals surface area contributed by atoms with Crippen LogP contribution in [0.25, 0.3) is 0 Å². The molecule has 1 fully saturated rings. The summed E-state index contributed by atoms with van der Waals surface area (Å²) in [4.78, 5) is 8.58. The lowest BCUT2D eigenvalue weighted by molar-refractivity contribution is 0.411. The summed E-state index contributed by atoms with van der Waals surface area (Å²) in [6, 6.07) is 0. The average molecular weight is 363 g/mol. The zero-order valence-electron chi connectivity index (χ0n) is 10.1. The van der Waals surface area contributed by atoms with Gasteiger partial charge in [0, 0.05) is 27.3 Å². The van der Waals surface area contributed by atoms with Gasteiger partial charge in [0.05, 0.1) is 0 Å². The second-order valence-corrected chi connectivity index (χ2v) is 7.05. The molecule has 0 amide bonds. The van der Waals surface area contributed by atoms with E-state index in [0.717, 1.165) is 16.1 Å². The summed E-state index contributed by atoms with van der Waals surface area (Å²) in [7, 11) is 0. The third-order valence-corrected chi connectivity index (χ3v) is 5.36. The molecule has 0 aliphatic heterocycles. The molecule has 0 bridgehead atoms. The summed E-state index contributed by atoms with van der Waals surface area (Å²) in [6.07, 6.45) is 12.7. The van der Waals surface area contributed by atoms with Crippen molar-refractivity contribution in [2.24, 2.45) is 0 Å². The van der Waals surface area contributed by atoms with Crippen LogP contribution in [0, 0.1) is 3.57 Å². The Balaban J connectivity index is 1.93. The van der Waals surface area contributed by atoms with Gasteiger partial charge in [0.1, 0.15) is 0 Å². The Morgan fingerprint density at radius 2 is 1.94 bits per heavy atom. The van der Waals surface area contributed by atoms with Gasteiger partial charge in [0.15, 0.2) is 0 Å². The summed E-state index contributed by atoms with van der Waals surface area (Å²) in [5, 5.41) is 3.39. The quantitative estimate of drug-likeness (QED) is 0.831. The zero-order chi connectivity index (χ0) is 12.1. The largest absolute Gasteiger partial charge is 0.353 e. The molecular weight excluding hydrogens is 345 g/mol. The number of aromatic nitrogens is 2. The maximum atomic E-state index is 4.29. The molecule has 0 unspecified atom stereocenters. The van der Waals surface area contributed by atoms with Crippen LogP contribution < -0.4 is 5.32 Å². The van der Waals surface area contributed by atoms with Crippen molar-refractivity contribution in [2.75, 3.05) is 18.1 Å². The number of thioether (sulfide) groups is 1. The van der Waals surface area contributed by atoms with Crippen molar-refractivity contribution in [3.05, 3.63) is 16.0 Å². The first-order valence-electron chi connectivity index (χ1n) is 6.01. The highest BCUT2D eigenvalue weighted by molar-refractivity contribution is 14.1. The van der Waals surface area contributed by atoms with Gasteiger partial charge >= 0.3 is 0 Å². The molecule has 1 aromatic heterocycles. The normalized spacial score (nSPS) is 18.9. The number of hydrogen-bond donors (Lipinski definition) is 1. The SMILES string of the molecule is CSC1(CNc2ncc(I)cn2)CCCCC1. The van der Waals surface area contributed by atoms with Crippen molar-refractivity contribution in [2.45, 2.75) is 36.9 Å². The number of anilines is 1. The van der Waals surface area contributed by atoms with Crippen LogP contribution in [0.3, 0.4) is 0 Å². The van der Waals surface area contributed by atoms with E-state index in [9.17, 15) is 0 Å². The van der Waals surface area contributed by atoms with Crippen LogP contribution in [0.5, 0.6) is 0 Å². The van der Waals surface area contributed by atoms with Crippen LogP contribution in [-0.2, 0) is 0 Å². The first kappa shape index (κ1) is 13.4. The molecule has 17 heavy (non-hydrogen) atoms. The van der Waals surface area contributed by atoms with Gasteiger partial charge in [-0.2, -0.15) is 11.8 Å². The van der Waals surface area contributed by atoms with E-state index in [4.69, 9.17) is 0 Å². The standard InChI is InChI=1S/C12H18IN3S/c1-17-12(5-3-2-4-6-12)9-16-11-14-7-10(13)8-15-11/h7-8H,2-6,9H2,1H3,(H,14,15,16). The molecule has 0 saturated heterocycles. The molecule has 2 rings (SSSR count). The number of nitrogens with one attached hydrogen (secondary N) is 1. The van der Waals surface area contributed by atoms with Gasteiger partial charge < -0.3 is 5.32 Å². The maximum absolute atomic E-state index is 4.29. The van der Waals surface area contributed by atoms with Gasteiger partial charge in [0.25, 0.3) is 0 Å². The minimum absolute atomic E-state index is 0.393. The molecule has 1 aliphatic rings. The molecule has 0 atom stereocenters. The fraction of sp³-hybridized carbons (Fsp3) is 0.667. The lowest BCUT2D eigenvalue weighted by atomic mass is 9.88. The highest BCUT2D eigenvalue weighted by atomic mass is 127. The monoisotopic (exact) mass is 363 g/mol. The summed E-state index contributed by atoms with van der Waals surface area (Å²) in [5.74, 6) is 0.754. The Kier molecular flexibility index (Phi) is 4.90. The first-order valence-corrected chi connectivity index (χ1v) is 8.31. The summed E-state index contributed by atoms with van der Waals surface area (Å²) in [5.41, 5.74) is 0. The molecule has 0 radical (unpaired) electrons. The Morgan fingerprint density at radius 1 is 1.29 bits per heavy atom. The van der Waals surface area contributed by atoms with Crippen molar-refractivity contribution >= 4 is 40.3 Å². The zero-order valence-corrected chi connectivity index (χ0v) is 13.1. The molecule has 1 aromatic rings. The summed E-state index contributed by atoms with van der Waals surface area (Å²) in [6.45, 7) is 0.981. The van der Waals surface area contributed by atoms with E-state index in [-0.39, 0.29) is 0 Å². The van der Waals surface area contributed by atoms with Crippen LogP contribution >= 0.6 is 34.4 Å². The number of nitrogens with zero attached hydrogens (tertiary/aromatic N) is 2. The molecule has 1 heterocycles. The van der Waals surface area contributed by atoms with Crippen molar-refractivity contribution in [1.82, 2.24) is 9.97 Å².